The van der Waals surface area contributed by atoms with Crippen LogP contribution >= 0.6 is 35.0 Å². The number of nitrogens with zero attached hydrogens (tertiary/aromatic N) is 1. The predicted molar refractivity (Wildman–Crippen MR) is 124 cm³/mol. The molecule has 0 aliphatic rings. The van der Waals surface area contributed by atoms with Gasteiger partial charge in [0.1, 0.15) is 0 Å². The van der Waals surface area contributed by atoms with Crippen molar-refractivity contribution in [2.75, 3.05) is 11.6 Å². The molecule has 0 saturated carbocycles. The maximum absolute atomic E-state index is 12.6. The van der Waals surface area contributed by atoms with Gasteiger partial charge in [-0.25, -0.2) is 5.43 Å². The van der Waals surface area contributed by atoms with Gasteiger partial charge in [-0.2, -0.15) is 5.10 Å². The molecule has 0 saturated heterocycles. The number of rotatable bonds is 6. The van der Waals surface area contributed by atoms with Crippen LogP contribution < -0.4 is 10.7 Å². The molecule has 8 heteroatoms. The van der Waals surface area contributed by atoms with Crippen molar-refractivity contribution >= 4 is 58.7 Å². The Morgan fingerprint density at radius 2 is 1.67 bits per heavy atom. The van der Waals surface area contributed by atoms with E-state index < -0.39 is 11.8 Å². The molecule has 0 unspecified atom stereocenters. The quantitative estimate of drug-likeness (QED) is 0.282. The molecular weight excluding hydrogens is 441 g/mol. The highest BCUT2D eigenvalue weighted by molar-refractivity contribution is 7.98. The Morgan fingerprint density at radius 1 is 0.933 bits per heavy atom. The van der Waals surface area contributed by atoms with Crippen LogP contribution in [0.5, 0.6) is 0 Å². The Balaban J connectivity index is 1.70. The fraction of sp³-hybridized carbons (Fsp3) is 0.0455. The van der Waals surface area contributed by atoms with E-state index in [1.54, 1.807) is 48.3 Å². The molecule has 0 bridgehead atoms. The number of hydrogen-bond donors (Lipinski definition) is 2. The lowest BCUT2D eigenvalue weighted by Gasteiger charge is -2.10. The van der Waals surface area contributed by atoms with Gasteiger partial charge in [0.05, 0.1) is 27.5 Å². The molecule has 0 heterocycles. The topological polar surface area (TPSA) is 70.6 Å². The van der Waals surface area contributed by atoms with Gasteiger partial charge in [0.15, 0.2) is 0 Å². The van der Waals surface area contributed by atoms with Crippen LogP contribution in [0.2, 0.25) is 10.0 Å². The molecule has 0 aliphatic carbocycles. The maximum Gasteiger partial charge on any atom is 0.273 e. The zero-order valence-electron chi connectivity index (χ0n) is 15.9. The Morgan fingerprint density at radius 3 is 2.37 bits per heavy atom. The fourth-order valence-electron chi connectivity index (χ4n) is 2.54. The largest absolute Gasteiger partial charge is 0.321 e. The number of benzene rings is 3. The van der Waals surface area contributed by atoms with Crippen LogP contribution in [0.3, 0.4) is 0 Å². The van der Waals surface area contributed by atoms with Crippen molar-refractivity contribution in [3.8, 4) is 0 Å². The minimum atomic E-state index is -0.447. The summed E-state index contributed by atoms with van der Waals surface area (Å²) in [6.45, 7) is 0. The van der Waals surface area contributed by atoms with E-state index in [0.717, 1.165) is 10.5 Å². The summed E-state index contributed by atoms with van der Waals surface area (Å²) in [7, 11) is 0. The van der Waals surface area contributed by atoms with Crippen molar-refractivity contribution in [3.63, 3.8) is 0 Å². The second-order valence-electron chi connectivity index (χ2n) is 6.10. The summed E-state index contributed by atoms with van der Waals surface area (Å²) in [6, 6.07) is 19.0. The summed E-state index contributed by atoms with van der Waals surface area (Å²) >= 11 is 13.5. The second kappa shape index (κ2) is 10.3. The zero-order valence-corrected chi connectivity index (χ0v) is 18.2. The van der Waals surface area contributed by atoms with E-state index in [4.69, 9.17) is 23.2 Å². The van der Waals surface area contributed by atoms with Crippen molar-refractivity contribution in [2.24, 2.45) is 5.10 Å². The highest BCUT2D eigenvalue weighted by atomic mass is 35.5. The van der Waals surface area contributed by atoms with E-state index in [-0.39, 0.29) is 10.6 Å². The van der Waals surface area contributed by atoms with Crippen LogP contribution in [0.4, 0.5) is 5.69 Å². The predicted octanol–water partition coefficient (Wildman–Crippen LogP) is 5.73. The number of carbonyl (C=O) groups is 2. The lowest BCUT2D eigenvalue weighted by molar-refractivity contribution is 0.0956. The van der Waals surface area contributed by atoms with Gasteiger partial charge >= 0.3 is 0 Å². The van der Waals surface area contributed by atoms with Gasteiger partial charge in [-0.3, -0.25) is 9.59 Å². The summed E-state index contributed by atoms with van der Waals surface area (Å²) < 4.78 is 0. The van der Waals surface area contributed by atoms with Crippen LogP contribution in [-0.4, -0.2) is 24.3 Å². The average molecular weight is 458 g/mol. The molecule has 0 fully saturated rings. The van der Waals surface area contributed by atoms with Crippen molar-refractivity contribution in [3.05, 3.63) is 93.5 Å². The first-order valence-electron chi connectivity index (χ1n) is 8.81. The number of carbonyl (C=O) groups excluding carboxylic acids is 2. The maximum atomic E-state index is 12.6. The number of halogens is 2. The Hall–Kier alpha value is -2.80. The molecule has 0 atom stereocenters. The van der Waals surface area contributed by atoms with Crippen molar-refractivity contribution < 1.29 is 9.59 Å². The number of nitrogens with one attached hydrogen (secondary N) is 2. The molecule has 3 aromatic rings. The van der Waals surface area contributed by atoms with E-state index in [9.17, 15) is 9.59 Å². The average Bonchev–Trinajstić information content (AvgIpc) is 2.76. The van der Waals surface area contributed by atoms with E-state index in [1.165, 1.54) is 12.1 Å². The Bertz CT molecular complexity index is 1100. The van der Waals surface area contributed by atoms with Crippen molar-refractivity contribution in [1.82, 2.24) is 5.43 Å². The zero-order chi connectivity index (χ0) is 21.5. The van der Waals surface area contributed by atoms with Crippen molar-refractivity contribution in [2.45, 2.75) is 4.90 Å². The van der Waals surface area contributed by atoms with Gasteiger partial charge in [-0.1, -0.05) is 47.5 Å². The minimum Gasteiger partial charge on any atom is -0.321 e. The van der Waals surface area contributed by atoms with Gasteiger partial charge in [0.25, 0.3) is 11.8 Å². The van der Waals surface area contributed by atoms with E-state index >= 15 is 0 Å². The molecule has 0 radical (unpaired) electrons. The molecule has 0 spiro atoms. The summed E-state index contributed by atoms with van der Waals surface area (Å²) in [5.41, 5.74) is 4.29. The van der Waals surface area contributed by atoms with Gasteiger partial charge in [-0.15, -0.1) is 11.8 Å². The summed E-state index contributed by atoms with van der Waals surface area (Å²) in [4.78, 5) is 26.2. The monoisotopic (exact) mass is 457 g/mol. The molecule has 2 amide bonds. The number of anilines is 1. The van der Waals surface area contributed by atoms with Gasteiger partial charge in [0, 0.05) is 10.5 Å². The first-order chi connectivity index (χ1) is 14.5. The lowest BCUT2D eigenvalue weighted by atomic mass is 10.1. The second-order valence-corrected chi connectivity index (χ2v) is 7.79. The molecule has 152 valence electrons. The van der Waals surface area contributed by atoms with E-state index in [2.05, 4.69) is 15.8 Å². The third-order valence-corrected chi connectivity index (χ3v) is 5.58. The van der Waals surface area contributed by atoms with Crippen LogP contribution in [0, 0.1) is 0 Å². The Labute approximate surface area is 188 Å². The number of thioether (sulfide) groups is 1. The fourth-order valence-corrected chi connectivity index (χ4v) is 3.24. The Kier molecular flexibility index (Phi) is 7.52. The third-order valence-electron chi connectivity index (χ3n) is 4.10. The number of amides is 2. The van der Waals surface area contributed by atoms with E-state index in [0.29, 0.717) is 16.3 Å². The highest BCUT2D eigenvalue weighted by Crippen LogP contribution is 2.23. The van der Waals surface area contributed by atoms with Crippen molar-refractivity contribution in [1.29, 1.82) is 0 Å². The van der Waals surface area contributed by atoms with Gasteiger partial charge in [0.2, 0.25) is 0 Å². The molecule has 30 heavy (non-hydrogen) atoms. The third kappa shape index (κ3) is 5.63. The summed E-state index contributed by atoms with van der Waals surface area (Å²) in [5.74, 6) is -0.858. The number of para-hydroxylation sites is 1. The minimum absolute atomic E-state index is 0.273. The van der Waals surface area contributed by atoms with Crippen LogP contribution in [-0.2, 0) is 0 Å². The van der Waals surface area contributed by atoms with Crippen LogP contribution in [0.25, 0.3) is 0 Å². The molecule has 0 aromatic heterocycles. The molecule has 3 aromatic carbocycles. The van der Waals surface area contributed by atoms with Crippen LogP contribution in [0.1, 0.15) is 26.3 Å². The highest BCUT2D eigenvalue weighted by Gasteiger charge is 2.14. The normalized spacial score (nSPS) is 10.8. The lowest BCUT2D eigenvalue weighted by Crippen LogP contribution is -2.21. The first kappa shape index (κ1) is 21.9. The SMILES string of the molecule is CSc1ccc(/C=N\NC(=O)c2ccccc2NC(=O)c2ccc(Cl)c(Cl)c2)cc1. The van der Waals surface area contributed by atoms with Gasteiger partial charge < -0.3 is 5.32 Å². The molecular formula is C22H17Cl2N3O2S. The number of hydrazone groups is 1. The molecule has 5 nitrogen and oxygen atoms in total. The summed E-state index contributed by atoms with van der Waals surface area (Å²) in [6.07, 6.45) is 3.56. The standard InChI is InChI=1S/C22H17Cl2N3O2S/c1-30-16-9-6-14(7-10-16)13-25-27-22(29)17-4-2-3-5-20(17)26-21(28)15-8-11-18(23)19(24)12-15/h2-13H,1H3,(H,26,28)(H,27,29)/b25-13-. The molecule has 0 aliphatic heterocycles. The summed E-state index contributed by atoms with van der Waals surface area (Å²) in [5, 5.41) is 7.35. The molecule has 3 rings (SSSR count). The van der Waals surface area contributed by atoms with E-state index in [1.807, 2.05) is 30.5 Å². The first-order valence-corrected chi connectivity index (χ1v) is 10.8. The van der Waals surface area contributed by atoms with Crippen LogP contribution in [0.15, 0.2) is 76.7 Å². The molecule has 2 N–H and O–H groups in total. The smallest absolute Gasteiger partial charge is 0.273 e. The van der Waals surface area contributed by atoms with Gasteiger partial charge in [-0.05, 0) is 54.3 Å². The number of hydrogen-bond acceptors (Lipinski definition) is 4.